The summed E-state index contributed by atoms with van der Waals surface area (Å²) in [5.41, 5.74) is 0. The zero-order chi connectivity index (χ0) is 10.9. The highest BCUT2D eigenvalue weighted by Gasteiger charge is 2.69. The minimum atomic E-state index is -6.57. The number of hydrogen-bond donors (Lipinski definition) is 0. The van der Waals surface area contributed by atoms with Crippen LogP contribution in [-0.2, 0) is 15.0 Å². The summed E-state index contributed by atoms with van der Waals surface area (Å²) in [6.45, 7) is 2.48. The maximum atomic E-state index is 12.4. The van der Waals surface area contributed by atoms with Crippen LogP contribution < -0.4 is 0 Å². The van der Waals surface area contributed by atoms with E-state index in [0.29, 0.717) is 0 Å². The van der Waals surface area contributed by atoms with Crippen LogP contribution in [0.3, 0.4) is 0 Å². The highest BCUT2D eigenvalue weighted by Crippen LogP contribution is 2.40. The van der Waals surface area contributed by atoms with Gasteiger partial charge in [-0.1, -0.05) is 10.5 Å². The summed E-state index contributed by atoms with van der Waals surface area (Å²) in [6, 6.07) is 0. The molecule has 0 aromatic rings. The van der Waals surface area contributed by atoms with Crippen molar-refractivity contribution in [1.82, 2.24) is 0 Å². The summed E-state index contributed by atoms with van der Waals surface area (Å²) in [6.07, 6.45) is -6.20. The lowest BCUT2D eigenvalue weighted by Gasteiger charge is -2.21. The molecule has 0 radical (unpaired) electrons. The highest BCUT2D eigenvalue weighted by atomic mass is 32.3. The van der Waals surface area contributed by atoms with E-state index >= 15 is 0 Å². The van der Waals surface area contributed by atoms with E-state index in [1.165, 1.54) is 0 Å². The number of alkyl halides is 4. The molecule has 1 atom stereocenters. The van der Waals surface area contributed by atoms with Crippen LogP contribution >= 0.6 is 0 Å². The summed E-state index contributed by atoms with van der Waals surface area (Å²) in [5.74, 6) is 0. The standard InChI is InChI=1S/C4H3F5O3S/c1-2-12-4(8,3(5,6)7)13(9,10)11/h2H,1H2. The third kappa shape index (κ3) is 2.08. The highest BCUT2D eigenvalue weighted by molar-refractivity contribution is 7.87. The Morgan fingerprint density at radius 1 is 1.23 bits per heavy atom. The molecule has 0 fully saturated rings. The number of rotatable bonds is 3. The zero-order valence-electron chi connectivity index (χ0n) is 5.81. The van der Waals surface area contributed by atoms with Crippen molar-refractivity contribution >= 4 is 10.2 Å². The van der Waals surface area contributed by atoms with Crippen LogP contribution in [0, 0.1) is 0 Å². The van der Waals surface area contributed by atoms with Crippen LogP contribution in [-0.4, -0.2) is 19.8 Å². The summed E-state index contributed by atoms with van der Waals surface area (Å²) in [5, 5.41) is -5.39. The van der Waals surface area contributed by atoms with E-state index in [4.69, 9.17) is 0 Å². The van der Waals surface area contributed by atoms with Gasteiger partial charge in [-0.3, -0.25) is 0 Å². The lowest BCUT2D eigenvalue weighted by molar-refractivity contribution is -0.274. The van der Waals surface area contributed by atoms with Gasteiger partial charge in [-0.2, -0.15) is 26.0 Å². The van der Waals surface area contributed by atoms with Gasteiger partial charge < -0.3 is 4.74 Å². The Morgan fingerprint density at radius 3 is 1.69 bits per heavy atom. The minimum Gasteiger partial charge on any atom is -0.446 e. The van der Waals surface area contributed by atoms with Crippen LogP contribution in [0.2, 0.25) is 0 Å². The van der Waals surface area contributed by atoms with Crippen LogP contribution in [0.15, 0.2) is 12.8 Å². The minimum absolute atomic E-state index is 0.162. The van der Waals surface area contributed by atoms with Crippen molar-refractivity contribution in [2.24, 2.45) is 0 Å². The van der Waals surface area contributed by atoms with Gasteiger partial charge in [-0.05, 0) is 0 Å². The van der Waals surface area contributed by atoms with Gasteiger partial charge in [0.1, 0.15) is 0 Å². The molecular formula is C4H3F5O3S. The van der Waals surface area contributed by atoms with E-state index in [1.54, 1.807) is 0 Å². The molecular weight excluding hydrogens is 223 g/mol. The molecule has 0 aliphatic carbocycles. The molecule has 1 unspecified atom stereocenters. The molecule has 0 aliphatic rings. The lowest BCUT2D eigenvalue weighted by atomic mass is 10.6. The second-order valence-electron chi connectivity index (χ2n) is 1.76. The van der Waals surface area contributed by atoms with Crippen LogP contribution in [0.4, 0.5) is 21.4 Å². The largest absolute Gasteiger partial charge is 0.480 e. The molecule has 0 amide bonds. The lowest BCUT2D eigenvalue weighted by Crippen LogP contribution is -2.47. The fraction of sp³-hybridized carbons (Fsp3) is 0.500. The summed E-state index contributed by atoms with van der Waals surface area (Å²) in [4.78, 5) is 0. The number of hydrogen-bond acceptors (Lipinski definition) is 3. The van der Waals surface area contributed by atoms with E-state index in [0.717, 1.165) is 0 Å². The van der Waals surface area contributed by atoms with Crippen LogP contribution in [0.1, 0.15) is 0 Å². The molecule has 78 valence electrons. The van der Waals surface area contributed by atoms with Gasteiger partial charge in [-0.15, -0.1) is 0 Å². The maximum absolute atomic E-state index is 12.4. The monoisotopic (exact) mass is 226 g/mol. The predicted molar refractivity (Wildman–Crippen MR) is 31.2 cm³/mol. The molecule has 9 heteroatoms. The van der Waals surface area contributed by atoms with Gasteiger partial charge in [0.05, 0.1) is 6.26 Å². The summed E-state index contributed by atoms with van der Waals surface area (Å²) >= 11 is 0. The second-order valence-corrected chi connectivity index (χ2v) is 3.16. The van der Waals surface area contributed by atoms with E-state index in [2.05, 4.69) is 11.3 Å². The first-order chi connectivity index (χ1) is 5.56. The average molecular weight is 226 g/mol. The first kappa shape index (κ1) is 12.1. The first-order valence-corrected chi connectivity index (χ1v) is 3.93. The molecule has 0 N–H and O–H groups in total. The Hall–Kier alpha value is -0.860. The Balaban J connectivity index is 5.34. The second kappa shape index (κ2) is 3.13. The molecule has 0 heterocycles. The van der Waals surface area contributed by atoms with E-state index in [1.807, 2.05) is 0 Å². The fourth-order valence-electron chi connectivity index (χ4n) is 0.370. The average Bonchev–Trinajstić information content (AvgIpc) is 1.82. The van der Waals surface area contributed by atoms with Crippen molar-refractivity contribution in [3.8, 4) is 0 Å². The van der Waals surface area contributed by atoms with Crippen molar-refractivity contribution in [2.45, 2.75) is 11.4 Å². The Morgan fingerprint density at radius 2 is 1.62 bits per heavy atom. The van der Waals surface area contributed by atoms with Crippen molar-refractivity contribution in [3.63, 3.8) is 0 Å². The van der Waals surface area contributed by atoms with Gasteiger partial charge in [-0.25, -0.2) is 0 Å². The smallest absolute Gasteiger partial charge is 0.446 e. The van der Waals surface area contributed by atoms with Gasteiger partial charge >= 0.3 is 21.6 Å². The Bertz CT molecular complexity index is 293. The third-order valence-corrected chi connectivity index (χ3v) is 1.84. The quantitative estimate of drug-likeness (QED) is 0.417. The SMILES string of the molecule is C=COC(F)(C(F)(F)F)S(=O)(=O)F. The topological polar surface area (TPSA) is 43.4 Å². The van der Waals surface area contributed by atoms with Crippen molar-refractivity contribution < 1.29 is 34.6 Å². The third-order valence-electron chi connectivity index (χ3n) is 0.887. The molecule has 0 saturated carbocycles. The van der Waals surface area contributed by atoms with Crippen molar-refractivity contribution in [3.05, 3.63) is 12.8 Å². The summed E-state index contributed by atoms with van der Waals surface area (Å²) < 4.78 is 81.6. The Kier molecular flexibility index (Phi) is 2.92. The Labute approximate surface area is 70.0 Å². The maximum Gasteiger partial charge on any atom is 0.480 e. The predicted octanol–water partition coefficient (Wildman–Crippen LogP) is 1.63. The van der Waals surface area contributed by atoms with Gasteiger partial charge in [0.2, 0.25) is 0 Å². The molecule has 0 rings (SSSR count). The van der Waals surface area contributed by atoms with E-state index < -0.39 is 21.6 Å². The fourth-order valence-corrected chi connectivity index (χ4v) is 0.829. The molecule has 0 aromatic heterocycles. The van der Waals surface area contributed by atoms with Gasteiger partial charge in [0, 0.05) is 0 Å². The number of ether oxygens (including phenoxy) is 1. The molecule has 0 spiro atoms. The summed E-state index contributed by atoms with van der Waals surface area (Å²) in [7, 11) is -6.57. The molecule has 0 aromatic carbocycles. The first-order valence-electron chi connectivity index (χ1n) is 2.55. The normalized spacial score (nSPS) is 17.6. The molecule has 0 bridgehead atoms. The van der Waals surface area contributed by atoms with E-state index in [9.17, 15) is 29.9 Å². The van der Waals surface area contributed by atoms with Crippen LogP contribution in [0.5, 0.6) is 0 Å². The number of halogens is 5. The van der Waals surface area contributed by atoms with Gasteiger partial charge in [0.25, 0.3) is 0 Å². The molecule has 0 saturated heterocycles. The van der Waals surface area contributed by atoms with Crippen molar-refractivity contribution in [1.29, 1.82) is 0 Å². The molecule has 0 aliphatic heterocycles. The van der Waals surface area contributed by atoms with Crippen molar-refractivity contribution in [2.75, 3.05) is 0 Å². The zero-order valence-corrected chi connectivity index (χ0v) is 6.62. The van der Waals surface area contributed by atoms with Crippen LogP contribution in [0.25, 0.3) is 0 Å². The van der Waals surface area contributed by atoms with E-state index in [-0.39, 0.29) is 6.26 Å². The molecule has 3 nitrogen and oxygen atoms in total. The molecule has 13 heavy (non-hydrogen) atoms. The van der Waals surface area contributed by atoms with Gasteiger partial charge in [0.15, 0.2) is 0 Å².